The number of carbonyl (C=O) groups is 4. The van der Waals surface area contributed by atoms with E-state index in [0.717, 1.165) is 0 Å². The van der Waals surface area contributed by atoms with Crippen molar-refractivity contribution < 1.29 is 37.3 Å². The van der Waals surface area contributed by atoms with Crippen molar-refractivity contribution in [2.45, 2.75) is 20.8 Å². The predicted molar refractivity (Wildman–Crippen MR) is 104 cm³/mol. The number of hydrogen-bond acceptors (Lipinski definition) is 8. The maximum absolute atomic E-state index is 11.3. The fourth-order valence-electron chi connectivity index (χ4n) is 0.998. The van der Waals surface area contributed by atoms with E-state index in [1.54, 1.807) is 26.7 Å². The van der Waals surface area contributed by atoms with Crippen LogP contribution in [0.5, 0.6) is 0 Å². The van der Waals surface area contributed by atoms with Gasteiger partial charge in [-0.3, -0.25) is 19.2 Å². The van der Waals surface area contributed by atoms with Crippen LogP contribution in [0.2, 0.25) is 0 Å². The van der Waals surface area contributed by atoms with E-state index in [9.17, 15) is 19.2 Å². The van der Waals surface area contributed by atoms with E-state index in [2.05, 4.69) is 9.05 Å². The maximum atomic E-state index is 11.3. The average molecular weight is 434 g/mol. The smallest absolute Gasteiger partial charge is 0.325 e. The van der Waals surface area contributed by atoms with Gasteiger partial charge in [-0.1, -0.05) is 0 Å². The molecule has 0 aromatic carbocycles. The lowest BCUT2D eigenvalue weighted by atomic mass is 9.95. The fraction of sp³-hybridized carbons (Fsp3) is 0.692. The molecule has 0 spiro atoms. The van der Waals surface area contributed by atoms with E-state index < -0.39 is 35.2 Å². The van der Waals surface area contributed by atoms with Gasteiger partial charge in [-0.05, 0) is 47.4 Å². The van der Waals surface area contributed by atoms with Gasteiger partial charge in [-0.15, -0.1) is 0 Å². The van der Waals surface area contributed by atoms with Crippen molar-refractivity contribution in [3.05, 3.63) is 0 Å². The molecular formula is C13H26O8P4. The molecule has 0 amide bonds. The van der Waals surface area contributed by atoms with Gasteiger partial charge in [0.15, 0.2) is 11.3 Å². The van der Waals surface area contributed by atoms with Gasteiger partial charge in [0, 0.05) is 0 Å². The molecule has 0 aliphatic carbocycles. The van der Waals surface area contributed by atoms with Crippen LogP contribution < -0.4 is 0 Å². The summed E-state index contributed by atoms with van der Waals surface area (Å²) in [5.41, 5.74) is -1.19. The van der Waals surface area contributed by atoms with E-state index in [0.29, 0.717) is 0 Å². The van der Waals surface area contributed by atoms with Crippen LogP contribution in [0.4, 0.5) is 0 Å². The summed E-state index contributed by atoms with van der Waals surface area (Å²) >= 11 is 0. The lowest BCUT2D eigenvalue weighted by Crippen LogP contribution is -2.34. The van der Waals surface area contributed by atoms with Crippen LogP contribution in [-0.2, 0) is 37.3 Å². The minimum atomic E-state index is -1.19. The van der Waals surface area contributed by atoms with Gasteiger partial charge in [0.05, 0.1) is 35.2 Å². The van der Waals surface area contributed by atoms with Crippen molar-refractivity contribution in [1.29, 1.82) is 0 Å². The quantitative estimate of drug-likeness (QED) is 0.326. The summed E-state index contributed by atoms with van der Waals surface area (Å²) in [5, 5.41) is 0. The minimum Gasteiger partial charge on any atom is -0.448 e. The first-order valence-corrected chi connectivity index (χ1v) is 12.7. The van der Waals surface area contributed by atoms with Crippen LogP contribution in [0, 0.1) is 11.3 Å². The molecule has 0 bridgehead atoms. The zero-order chi connectivity index (χ0) is 20.0. The molecule has 0 fully saturated rings. The molecule has 12 heteroatoms. The normalized spacial score (nSPS) is 13.2. The molecule has 0 radical (unpaired) electrons. The molecule has 0 aromatic heterocycles. The van der Waals surface area contributed by atoms with Crippen LogP contribution in [0.1, 0.15) is 20.8 Å². The maximum Gasteiger partial charge on any atom is 0.325 e. The highest BCUT2D eigenvalue weighted by atomic mass is 31.1. The summed E-state index contributed by atoms with van der Waals surface area (Å²) in [7, 11) is 0.244. The van der Waals surface area contributed by atoms with Gasteiger partial charge >= 0.3 is 23.9 Å². The molecule has 0 aliphatic rings. The van der Waals surface area contributed by atoms with Gasteiger partial charge in [0.2, 0.25) is 0 Å². The Morgan fingerprint density at radius 2 is 0.960 bits per heavy atom. The van der Waals surface area contributed by atoms with Crippen LogP contribution in [-0.4, -0.2) is 50.5 Å². The molecular weight excluding hydrogens is 408 g/mol. The zero-order valence-corrected chi connectivity index (χ0v) is 19.3. The Morgan fingerprint density at radius 1 is 0.680 bits per heavy atom. The second-order valence-electron chi connectivity index (χ2n) is 4.78. The molecule has 0 saturated carbocycles. The Hall–Kier alpha value is -0.400. The Labute approximate surface area is 155 Å². The van der Waals surface area contributed by atoms with Crippen LogP contribution >= 0.6 is 35.2 Å². The molecule has 8 nitrogen and oxygen atoms in total. The zero-order valence-electron chi connectivity index (χ0n) is 15.3. The lowest BCUT2D eigenvalue weighted by molar-refractivity contribution is -0.157. The highest BCUT2D eigenvalue weighted by molar-refractivity contribution is 7.32. The number of carbonyl (C=O) groups excluding carboxylic acids is 4. The van der Waals surface area contributed by atoms with Gasteiger partial charge in [-0.25, -0.2) is 0 Å². The van der Waals surface area contributed by atoms with Crippen molar-refractivity contribution in [2.24, 2.45) is 11.3 Å². The monoisotopic (exact) mass is 434 g/mol. The second-order valence-corrected chi connectivity index (χ2v) is 7.23. The van der Waals surface area contributed by atoms with E-state index in [-0.39, 0.29) is 35.2 Å². The van der Waals surface area contributed by atoms with Crippen molar-refractivity contribution in [3.8, 4) is 0 Å². The van der Waals surface area contributed by atoms with Crippen LogP contribution in [0.15, 0.2) is 0 Å². The van der Waals surface area contributed by atoms with Gasteiger partial charge in [-0.2, -0.15) is 0 Å². The van der Waals surface area contributed by atoms with Crippen molar-refractivity contribution in [2.75, 3.05) is 26.7 Å². The Morgan fingerprint density at radius 3 is 1.20 bits per heavy atom. The third-order valence-electron chi connectivity index (χ3n) is 2.52. The Kier molecular flexibility index (Phi) is 15.8. The Balaban J connectivity index is 0. The molecule has 146 valence electrons. The minimum absolute atomic E-state index is 0.0514. The largest absolute Gasteiger partial charge is 0.448 e. The van der Waals surface area contributed by atoms with Crippen molar-refractivity contribution in [1.82, 2.24) is 0 Å². The second kappa shape index (κ2) is 14.7. The molecule has 0 N–H and O–H groups in total. The van der Waals surface area contributed by atoms with Crippen molar-refractivity contribution in [3.63, 3.8) is 0 Å². The van der Waals surface area contributed by atoms with Crippen molar-refractivity contribution >= 4 is 59.1 Å². The van der Waals surface area contributed by atoms with E-state index in [1.165, 1.54) is 20.8 Å². The number of hydrogen-bond donors (Lipinski definition) is 0. The highest BCUT2D eigenvalue weighted by Crippen LogP contribution is 2.26. The average Bonchev–Trinajstić information content (AvgIpc) is 2.55. The summed E-state index contributed by atoms with van der Waals surface area (Å²) in [6, 6.07) is 0. The summed E-state index contributed by atoms with van der Waals surface area (Å²) in [5.74, 6) is -2.89. The van der Waals surface area contributed by atoms with Gasteiger partial charge in [0.1, 0.15) is 0 Å². The molecule has 0 heterocycles. The van der Waals surface area contributed by atoms with E-state index >= 15 is 0 Å². The van der Waals surface area contributed by atoms with Gasteiger partial charge in [0.25, 0.3) is 0 Å². The fourth-order valence-corrected chi connectivity index (χ4v) is 2.64. The number of rotatable bonds is 8. The molecule has 4 unspecified atom stereocenters. The first kappa shape index (κ1) is 26.8. The predicted octanol–water partition coefficient (Wildman–Crippen LogP) is 2.70. The first-order chi connectivity index (χ1) is 11.6. The SMILES string of the molecule is CPOC(=O)C(C)(C)C(=O)OPC.CPOC(=O)C(C)C(=O)OPC. The molecule has 25 heavy (non-hydrogen) atoms. The first-order valence-electron chi connectivity index (χ1n) is 7.10. The topological polar surface area (TPSA) is 105 Å². The van der Waals surface area contributed by atoms with Gasteiger partial charge < -0.3 is 18.1 Å². The highest BCUT2D eigenvalue weighted by Gasteiger charge is 2.39. The molecule has 0 aromatic rings. The van der Waals surface area contributed by atoms with Crippen LogP contribution in [0.3, 0.4) is 0 Å². The molecule has 0 saturated heterocycles. The molecule has 4 atom stereocenters. The summed E-state index contributed by atoms with van der Waals surface area (Å²) < 4.78 is 18.9. The summed E-state index contributed by atoms with van der Waals surface area (Å²) in [6.07, 6.45) is 0. The third kappa shape index (κ3) is 11.0. The third-order valence-corrected chi connectivity index (χ3v) is 4.11. The van der Waals surface area contributed by atoms with Crippen LogP contribution in [0.25, 0.3) is 0 Å². The lowest BCUT2D eigenvalue weighted by Gasteiger charge is -2.19. The summed E-state index contributed by atoms with van der Waals surface area (Å²) in [6.45, 7) is 11.4. The van der Waals surface area contributed by atoms with E-state index in [4.69, 9.17) is 9.05 Å². The standard InChI is InChI=1S/C7H14O4P2.C6H12O4P2/c1-7(2,5(8)10-12-3)6(9)11-13-4;1-4(5(7)9-11-2)6(8)10-12-3/h12-13H,1-4H3;4,11-12H,1-3H3. The molecule has 0 aliphatic heterocycles. The summed E-state index contributed by atoms with van der Waals surface area (Å²) in [4.78, 5) is 44.4. The molecule has 0 rings (SSSR count). The van der Waals surface area contributed by atoms with E-state index in [1.807, 2.05) is 0 Å². The Bertz CT molecular complexity index is 417.